The van der Waals surface area contributed by atoms with Crippen LogP contribution in [0.5, 0.6) is 0 Å². The first-order chi connectivity index (χ1) is 3.83. The van der Waals surface area contributed by atoms with Gasteiger partial charge in [-0.05, 0) is 0 Å². The molecule has 1 N–H and O–H groups in total. The third kappa shape index (κ3) is 27.1. The van der Waals surface area contributed by atoms with Gasteiger partial charge >= 0.3 is 35.3 Å². The minimum atomic E-state index is -0.472. The summed E-state index contributed by atoms with van der Waals surface area (Å²) in [4.78, 5) is 0. The van der Waals surface area contributed by atoms with Crippen LogP contribution in [-0.4, -0.2) is 20.1 Å². The van der Waals surface area contributed by atoms with Gasteiger partial charge in [0.2, 0.25) is 0 Å². The van der Waals surface area contributed by atoms with Crippen LogP contribution in [0.2, 0.25) is 0 Å². The first-order valence-corrected chi connectivity index (χ1v) is 7.49. The van der Waals surface area contributed by atoms with E-state index in [1.807, 2.05) is 0 Å². The Bertz CT molecular complexity index is 29.2. The Morgan fingerprint density at radius 1 is 1.62 bits per heavy atom. The van der Waals surface area contributed by atoms with Crippen LogP contribution in [0.4, 0.5) is 0 Å². The number of hydrogen-bond acceptors (Lipinski definition) is 0. The van der Waals surface area contributed by atoms with Crippen LogP contribution >= 0.6 is 18.8 Å². The van der Waals surface area contributed by atoms with Crippen LogP contribution in [0.1, 0.15) is 0 Å². The Labute approximate surface area is 66.5 Å². The molecule has 0 aromatic rings. The van der Waals surface area contributed by atoms with Crippen molar-refractivity contribution >= 4 is 18.8 Å². The van der Waals surface area contributed by atoms with Gasteiger partial charge in [0.1, 0.15) is 0 Å². The van der Waals surface area contributed by atoms with E-state index in [0.29, 0.717) is 13.1 Å². The summed E-state index contributed by atoms with van der Waals surface area (Å²) in [6.45, 7) is 1.11. The normalized spacial score (nSPS) is 8.00. The van der Waals surface area contributed by atoms with E-state index in [2.05, 4.69) is 5.32 Å². The molecular formula is C3H8Cl2N2Pt. The second-order valence-electron chi connectivity index (χ2n) is 0.835. The molecule has 0 heterocycles. The number of likely N-dealkylation sites (N-methyl/N-ethyl adjacent to an activating group) is 1. The van der Waals surface area contributed by atoms with Crippen molar-refractivity contribution in [3.63, 3.8) is 0 Å². The number of nitrogens with one attached hydrogen (secondary N) is 1. The summed E-state index contributed by atoms with van der Waals surface area (Å²) in [7, 11) is 11.5. The molecule has 0 spiro atoms. The van der Waals surface area contributed by atoms with Crippen LogP contribution in [0.3, 0.4) is 0 Å². The Morgan fingerprint density at radius 2 is 2.00 bits per heavy atom. The van der Waals surface area contributed by atoms with Crippen molar-refractivity contribution < 1.29 is 16.5 Å². The quantitative estimate of drug-likeness (QED) is 0.742. The molecule has 0 atom stereocenters. The van der Waals surface area contributed by atoms with Crippen molar-refractivity contribution in [2.45, 2.75) is 0 Å². The van der Waals surface area contributed by atoms with Crippen LogP contribution in [0.25, 0.3) is 11.1 Å². The summed E-state index contributed by atoms with van der Waals surface area (Å²) in [5, 5.41) is 3.67. The summed E-state index contributed by atoms with van der Waals surface area (Å²) in [6.07, 6.45) is 0. The molecule has 0 saturated carbocycles. The fourth-order valence-electron chi connectivity index (χ4n) is 0.112. The second kappa shape index (κ2) is 15.7. The van der Waals surface area contributed by atoms with Crippen LogP contribution in [-0.2, 0) is 16.5 Å². The van der Waals surface area contributed by atoms with Crippen LogP contribution in [0, 0.1) is 0 Å². The molecule has 0 aliphatic rings. The predicted molar refractivity (Wildman–Crippen MR) is 35.0 cm³/mol. The van der Waals surface area contributed by atoms with Gasteiger partial charge in [-0.25, -0.2) is 0 Å². The van der Waals surface area contributed by atoms with Crippen molar-refractivity contribution in [3.05, 3.63) is 11.1 Å². The van der Waals surface area contributed by atoms with Gasteiger partial charge in [-0.15, -0.1) is 0 Å². The number of hydrogen-bond donors (Lipinski definition) is 0. The molecule has 0 aliphatic carbocycles. The van der Waals surface area contributed by atoms with Gasteiger partial charge in [-0.3, -0.25) is 0 Å². The maximum atomic E-state index is 6.51. The third-order valence-electron chi connectivity index (χ3n) is 0.335. The summed E-state index contributed by atoms with van der Waals surface area (Å²) < 4.78 is 0. The van der Waals surface area contributed by atoms with E-state index >= 15 is 0 Å². The molecule has 0 rings (SSSR count). The Hall–Kier alpha value is 1.19. The molecule has 0 amide bonds. The van der Waals surface area contributed by atoms with Gasteiger partial charge in [0.15, 0.2) is 0 Å². The second-order valence-corrected chi connectivity index (χ2v) is 4.12. The SMILES string of the molecule is C[N-]CC[NH-].[Cl][Pt+2][Cl]. The number of rotatable bonds is 2. The first-order valence-electron chi connectivity index (χ1n) is 1.86. The topological polar surface area (TPSA) is 37.9 Å². The van der Waals surface area contributed by atoms with Gasteiger partial charge in [0, 0.05) is 0 Å². The molecule has 0 radical (unpaired) electrons. The maximum absolute atomic E-state index is 6.51. The molecule has 0 aliphatic heterocycles. The van der Waals surface area contributed by atoms with E-state index in [4.69, 9.17) is 24.6 Å². The van der Waals surface area contributed by atoms with E-state index in [1.54, 1.807) is 7.05 Å². The van der Waals surface area contributed by atoms with Crippen LogP contribution in [0.15, 0.2) is 0 Å². The van der Waals surface area contributed by atoms with Gasteiger partial charge in [0.25, 0.3) is 0 Å². The molecule has 8 heavy (non-hydrogen) atoms. The molecule has 54 valence electrons. The molecule has 0 fully saturated rings. The Balaban J connectivity index is 0. The fraction of sp³-hybridized carbons (Fsp3) is 1.00. The average molecular weight is 338 g/mol. The summed E-state index contributed by atoms with van der Waals surface area (Å²) in [5.74, 6) is 0. The van der Waals surface area contributed by atoms with Crippen molar-refractivity contribution in [2.24, 2.45) is 0 Å². The molecule has 0 aromatic carbocycles. The van der Waals surface area contributed by atoms with E-state index in [1.165, 1.54) is 0 Å². The van der Waals surface area contributed by atoms with Crippen molar-refractivity contribution in [2.75, 3.05) is 20.1 Å². The molecule has 0 bridgehead atoms. The molecule has 5 heteroatoms. The number of halogens is 2. The van der Waals surface area contributed by atoms with E-state index < -0.39 is 16.5 Å². The van der Waals surface area contributed by atoms with Crippen molar-refractivity contribution in [1.82, 2.24) is 0 Å². The van der Waals surface area contributed by atoms with Crippen LogP contribution < -0.4 is 0 Å². The average Bonchev–Trinajstić information content (AvgIpc) is 1.71. The van der Waals surface area contributed by atoms with Gasteiger partial charge < -0.3 is 11.1 Å². The monoisotopic (exact) mass is 337 g/mol. The molecule has 2 nitrogen and oxygen atoms in total. The molecule has 0 saturated heterocycles. The predicted octanol–water partition coefficient (Wildman–Crippen LogP) is 2.42. The summed E-state index contributed by atoms with van der Waals surface area (Å²) in [6, 6.07) is 0. The van der Waals surface area contributed by atoms with Gasteiger partial charge in [-0.2, -0.15) is 20.1 Å². The summed E-state index contributed by atoms with van der Waals surface area (Å²) >= 11 is -0.472. The minimum absolute atomic E-state index is 0.427. The first kappa shape index (κ1) is 11.9. The van der Waals surface area contributed by atoms with Gasteiger partial charge in [-0.1, -0.05) is 0 Å². The van der Waals surface area contributed by atoms with Gasteiger partial charge in [0.05, 0.1) is 0 Å². The zero-order chi connectivity index (χ0) is 6.83. The molecule has 0 aromatic heterocycles. The van der Waals surface area contributed by atoms with E-state index in [9.17, 15) is 0 Å². The molecular weight excluding hydrogens is 330 g/mol. The van der Waals surface area contributed by atoms with Crippen molar-refractivity contribution in [3.8, 4) is 0 Å². The number of nitrogens with zero attached hydrogens (tertiary/aromatic N) is 1. The Morgan fingerprint density at radius 3 is 2.00 bits per heavy atom. The molecule has 0 unspecified atom stereocenters. The summed E-state index contributed by atoms with van der Waals surface area (Å²) in [5.41, 5.74) is 6.51. The third-order valence-corrected chi connectivity index (χ3v) is 0.335. The van der Waals surface area contributed by atoms with E-state index in [-0.39, 0.29) is 0 Å². The Kier molecular flexibility index (Phi) is 23.4. The standard InChI is InChI=1S/C3H8N2.2ClH.Pt/c1-5-3-2-4;;;/h4H,2-3H2,1H3;2*1H;/q-2;;;+4/p-2. The van der Waals surface area contributed by atoms with E-state index in [0.717, 1.165) is 0 Å². The zero-order valence-corrected chi connectivity index (χ0v) is 8.22. The fourth-order valence-corrected chi connectivity index (χ4v) is 0.112. The zero-order valence-electron chi connectivity index (χ0n) is 4.43. The van der Waals surface area contributed by atoms with Crippen molar-refractivity contribution in [1.29, 1.82) is 0 Å².